The summed E-state index contributed by atoms with van der Waals surface area (Å²) < 4.78 is 2.12. The van der Waals surface area contributed by atoms with E-state index in [1.165, 1.54) is 10.3 Å². The summed E-state index contributed by atoms with van der Waals surface area (Å²) in [7, 11) is 0. The van der Waals surface area contributed by atoms with Crippen LogP contribution in [0.5, 0.6) is 5.75 Å². The lowest BCUT2D eigenvalue weighted by Gasteiger charge is -2.01. The van der Waals surface area contributed by atoms with Crippen LogP contribution in [0.1, 0.15) is 11.1 Å². The van der Waals surface area contributed by atoms with E-state index in [2.05, 4.69) is 56.3 Å². The van der Waals surface area contributed by atoms with E-state index in [-0.39, 0.29) is 5.75 Å². The molecule has 0 aliphatic carbocycles. The van der Waals surface area contributed by atoms with E-state index in [0.717, 1.165) is 31.9 Å². The molecule has 0 bridgehead atoms. The minimum Gasteiger partial charge on any atom is -0.507 e. The zero-order valence-electron chi connectivity index (χ0n) is 18.2. The Morgan fingerprint density at radius 2 is 1.62 bits per heavy atom. The number of hydrogen-bond donors (Lipinski definition) is 1. The van der Waals surface area contributed by atoms with Gasteiger partial charge in [-0.2, -0.15) is 10.2 Å². The van der Waals surface area contributed by atoms with Crippen molar-refractivity contribution < 1.29 is 5.11 Å². The van der Waals surface area contributed by atoms with Crippen LogP contribution in [0.2, 0.25) is 0 Å². The topological polar surface area (TPSA) is 70.2 Å². The molecule has 1 N–H and O–H groups in total. The van der Waals surface area contributed by atoms with Crippen LogP contribution < -0.4 is 0 Å². The molecule has 0 saturated carbocycles. The lowest BCUT2D eigenvalue weighted by molar-refractivity contribution is 0.474. The van der Waals surface area contributed by atoms with Crippen molar-refractivity contribution in [3.8, 4) is 16.3 Å². The Bertz CT molecular complexity index is 1540. The summed E-state index contributed by atoms with van der Waals surface area (Å²) in [5.41, 5.74) is 6.00. The first-order valence-corrected chi connectivity index (χ1v) is 12.2. The number of hydrogen-bond acceptors (Lipinski definition) is 6. The van der Waals surface area contributed by atoms with Crippen molar-refractivity contribution in [2.24, 2.45) is 15.2 Å². The molecule has 34 heavy (non-hydrogen) atoms. The third kappa shape index (κ3) is 5.11. The van der Waals surface area contributed by atoms with Gasteiger partial charge in [0, 0.05) is 21.8 Å². The summed E-state index contributed by atoms with van der Waals surface area (Å²) in [5, 5.41) is 19.7. The first-order valence-electron chi connectivity index (χ1n) is 10.6. The third-order valence-electron chi connectivity index (χ3n) is 5.11. The maximum absolute atomic E-state index is 10.2. The Balaban J connectivity index is 1.33. The lowest BCUT2D eigenvalue weighted by atomic mass is 10.2. The summed E-state index contributed by atoms with van der Waals surface area (Å²) in [5.74, 6) is 0.131. The number of halogens is 1. The summed E-state index contributed by atoms with van der Waals surface area (Å²) >= 11 is 5.11. The Morgan fingerprint density at radius 3 is 2.41 bits per heavy atom. The van der Waals surface area contributed by atoms with Gasteiger partial charge in [-0.05, 0) is 85.3 Å². The Morgan fingerprint density at radius 1 is 0.853 bits per heavy atom. The lowest BCUT2D eigenvalue weighted by Crippen LogP contribution is -1.82. The van der Waals surface area contributed by atoms with Crippen molar-refractivity contribution in [3.63, 3.8) is 0 Å². The molecule has 5 nitrogen and oxygen atoms in total. The molecule has 0 unspecified atom stereocenters. The minimum atomic E-state index is 0.131. The Hall–Kier alpha value is -3.68. The van der Waals surface area contributed by atoms with Crippen LogP contribution in [-0.2, 0) is 0 Å². The molecule has 1 aromatic heterocycles. The molecule has 0 spiro atoms. The summed E-state index contributed by atoms with van der Waals surface area (Å²) in [4.78, 5) is 9.25. The van der Waals surface area contributed by atoms with Gasteiger partial charge in [0.25, 0.3) is 0 Å². The average molecular weight is 527 g/mol. The predicted octanol–water partition coefficient (Wildman–Crippen LogP) is 8.91. The fourth-order valence-electron chi connectivity index (χ4n) is 3.35. The summed E-state index contributed by atoms with van der Waals surface area (Å²) in [6.07, 6.45) is 1.63. The molecule has 0 saturated heterocycles. The molecule has 0 amide bonds. The zero-order valence-corrected chi connectivity index (χ0v) is 20.6. The molecule has 166 valence electrons. The number of fused-ring (bicyclic) bond motifs is 1. The Labute approximate surface area is 209 Å². The number of aromatic nitrogens is 1. The highest BCUT2D eigenvalue weighted by atomic mass is 79.9. The highest BCUT2D eigenvalue weighted by Crippen LogP contribution is 2.32. The van der Waals surface area contributed by atoms with E-state index in [9.17, 15) is 5.11 Å². The number of phenolic OH excluding ortho intramolecular Hbond substituents is 1. The molecule has 0 radical (unpaired) electrons. The van der Waals surface area contributed by atoms with Crippen molar-refractivity contribution >= 4 is 60.8 Å². The summed E-state index contributed by atoms with van der Waals surface area (Å²) in [6.45, 7) is 2.09. The fraction of sp³-hybridized carbons (Fsp3) is 0.0370. The molecule has 0 atom stereocenters. The van der Waals surface area contributed by atoms with E-state index in [4.69, 9.17) is 4.98 Å². The third-order valence-corrected chi connectivity index (χ3v) is 6.67. The van der Waals surface area contributed by atoms with Gasteiger partial charge in [0.15, 0.2) is 0 Å². The van der Waals surface area contributed by atoms with Crippen LogP contribution >= 0.6 is 27.3 Å². The molecule has 0 fully saturated rings. The monoisotopic (exact) mass is 526 g/mol. The van der Waals surface area contributed by atoms with Crippen molar-refractivity contribution in [2.45, 2.75) is 6.92 Å². The van der Waals surface area contributed by atoms with E-state index in [1.54, 1.807) is 35.8 Å². The molecule has 4 aromatic carbocycles. The van der Waals surface area contributed by atoms with Crippen molar-refractivity contribution in [1.29, 1.82) is 0 Å². The number of phenols is 1. The fourth-order valence-corrected chi connectivity index (χ4v) is 4.81. The van der Waals surface area contributed by atoms with Crippen LogP contribution in [0, 0.1) is 6.92 Å². The average Bonchev–Trinajstić information content (AvgIpc) is 3.26. The van der Waals surface area contributed by atoms with Gasteiger partial charge in [-0.1, -0.05) is 28.1 Å². The van der Waals surface area contributed by atoms with Gasteiger partial charge in [0.2, 0.25) is 0 Å². The van der Waals surface area contributed by atoms with Gasteiger partial charge in [0.05, 0.1) is 27.3 Å². The molecule has 5 aromatic rings. The SMILES string of the molecule is Cc1ccc2nc(-c3ccc(N=Cc4cc(N=Nc5cccc(Br)c5)ccc4O)cc3)sc2c1. The van der Waals surface area contributed by atoms with E-state index in [1.807, 2.05) is 48.5 Å². The highest BCUT2D eigenvalue weighted by molar-refractivity contribution is 9.10. The van der Waals surface area contributed by atoms with Gasteiger partial charge in [-0.3, -0.25) is 4.99 Å². The van der Waals surface area contributed by atoms with Crippen LogP contribution in [0.15, 0.2) is 105 Å². The number of benzene rings is 4. The largest absolute Gasteiger partial charge is 0.507 e. The normalized spacial score (nSPS) is 11.7. The van der Waals surface area contributed by atoms with Gasteiger partial charge in [0.1, 0.15) is 10.8 Å². The van der Waals surface area contributed by atoms with Crippen LogP contribution in [0.3, 0.4) is 0 Å². The van der Waals surface area contributed by atoms with Gasteiger partial charge < -0.3 is 5.11 Å². The van der Waals surface area contributed by atoms with Crippen molar-refractivity contribution in [2.75, 3.05) is 0 Å². The second kappa shape index (κ2) is 9.67. The number of aliphatic imine (C=N–C) groups is 1. The van der Waals surface area contributed by atoms with Crippen molar-refractivity contribution in [3.05, 3.63) is 101 Å². The van der Waals surface area contributed by atoms with Crippen LogP contribution in [0.25, 0.3) is 20.8 Å². The van der Waals surface area contributed by atoms with Crippen LogP contribution in [0.4, 0.5) is 17.1 Å². The standard InChI is InChI=1S/C27H19BrN4OS/c1-17-5-11-24-26(13-17)34-27(30-24)18-6-8-21(9-7-18)29-16-19-14-23(10-12-25(19)33)32-31-22-4-2-3-20(28)15-22/h2-16,33H,1H3. The quantitative estimate of drug-likeness (QED) is 0.183. The molecule has 0 aliphatic heterocycles. The predicted molar refractivity (Wildman–Crippen MR) is 143 cm³/mol. The maximum Gasteiger partial charge on any atom is 0.124 e. The molecule has 5 rings (SSSR count). The minimum absolute atomic E-state index is 0.131. The van der Waals surface area contributed by atoms with Gasteiger partial charge >= 0.3 is 0 Å². The number of rotatable bonds is 5. The molecular formula is C27H19BrN4OS. The van der Waals surface area contributed by atoms with Gasteiger partial charge in [-0.15, -0.1) is 11.3 Å². The number of azo groups is 1. The molecule has 0 aliphatic rings. The van der Waals surface area contributed by atoms with E-state index >= 15 is 0 Å². The second-order valence-electron chi connectivity index (χ2n) is 7.72. The van der Waals surface area contributed by atoms with E-state index < -0.39 is 0 Å². The Kier molecular flexibility index (Phi) is 6.29. The molecular weight excluding hydrogens is 508 g/mol. The van der Waals surface area contributed by atoms with Gasteiger partial charge in [-0.25, -0.2) is 4.98 Å². The van der Waals surface area contributed by atoms with E-state index in [0.29, 0.717) is 11.3 Å². The number of aryl methyl sites for hydroxylation is 1. The molecule has 1 heterocycles. The number of aromatic hydroxyl groups is 1. The second-order valence-corrected chi connectivity index (χ2v) is 9.66. The summed E-state index contributed by atoms with van der Waals surface area (Å²) in [6, 6.07) is 26.8. The molecule has 7 heteroatoms. The first kappa shape index (κ1) is 22.1. The first-order chi connectivity index (χ1) is 16.5. The number of thiazole rings is 1. The zero-order chi connectivity index (χ0) is 23.5. The maximum atomic E-state index is 10.2. The van der Waals surface area contributed by atoms with Crippen molar-refractivity contribution in [1.82, 2.24) is 4.98 Å². The number of nitrogens with zero attached hydrogens (tertiary/aromatic N) is 4. The highest BCUT2D eigenvalue weighted by Gasteiger charge is 2.07. The van der Waals surface area contributed by atoms with Crippen LogP contribution in [-0.4, -0.2) is 16.3 Å². The smallest absolute Gasteiger partial charge is 0.124 e.